The van der Waals surface area contributed by atoms with Gasteiger partial charge >= 0.3 is 5.97 Å². The van der Waals surface area contributed by atoms with Crippen molar-refractivity contribution in [2.45, 2.75) is 71.1 Å². The lowest BCUT2D eigenvalue weighted by Gasteiger charge is -2.54. The average Bonchev–Trinajstić information content (AvgIpc) is 2.45. The molecule has 2 aliphatic rings. The summed E-state index contributed by atoms with van der Waals surface area (Å²) in [5.74, 6) is 0.176. The third-order valence-corrected chi connectivity index (χ3v) is 6.63. The Bertz CT molecular complexity index is 649. The minimum Gasteiger partial charge on any atom is -0.508 e. The van der Waals surface area contributed by atoms with Crippen LogP contribution in [0.25, 0.3) is 0 Å². The maximum absolute atomic E-state index is 12.0. The Kier molecular flexibility index (Phi) is 3.74. The number of aliphatic carboxylic acids is 1. The fourth-order valence-electron chi connectivity index (χ4n) is 5.48. The second-order valence-electron chi connectivity index (χ2n) is 8.26. The summed E-state index contributed by atoms with van der Waals surface area (Å²) in [7, 11) is 0. The van der Waals surface area contributed by atoms with E-state index >= 15 is 0 Å². The lowest BCUT2D eigenvalue weighted by atomic mass is 9.49. The van der Waals surface area contributed by atoms with Gasteiger partial charge in [0.2, 0.25) is 0 Å². The Balaban J connectivity index is 2.17. The van der Waals surface area contributed by atoms with Gasteiger partial charge < -0.3 is 10.2 Å². The van der Waals surface area contributed by atoms with Crippen LogP contribution >= 0.6 is 0 Å². The molecule has 0 aromatic heterocycles. The van der Waals surface area contributed by atoms with Crippen molar-refractivity contribution < 1.29 is 15.0 Å². The van der Waals surface area contributed by atoms with Gasteiger partial charge in [-0.05, 0) is 72.6 Å². The van der Waals surface area contributed by atoms with Crippen molar-refractivity contribution >= 4 is 5.97 Å². The molecule has 23 heavy (non-hydrogen) atoms. The van der Waals surface area contributed by atoms with Gasteiger partial charge in [0, 0.05) is 0 Å². The van der Waals surface area contributed by atoms with Gasteiger partial charge in [-0.25, -0.2) is 0 Å². The molecular formula is C20H28O3. The lowest BCUT2D eigenvalue weighted by molar-refractivity contribution is -0.157. The summed E-state index contributed by atoms with van der Waals surface area (Å²) in [6.07, 6.45) is 4.53. The van der Waals surface area contributed by atoms with Crippen molar-refractivity contribution in [2.75, 3.05) is 0 Å². The molecule has 1 aromatic carbocycles. The number of carboxylic acids is 1. The van der Waals surface area contributed by atoms with E-state index in [0.29, 0.717) is 5.75 Å². The number of hydrogen-bond donors (Lipinski definition) is 2. The summed E-state index contributed by atoms with van der Waals surface area (Å²) in [5, 5.41) is 20.2. The number of hydrogen-bond acceptors (Lipinski definition) is 2. The molecule has 3 rings (SSSR count). The number of carbonyl (C=O) groups is 1. The number of rotatable bonds is 2. The minimum atomic E-state index is -0.653. The van der Waals surface area contributed by atoms with Crippen LogP contribution in [-0.4, -0.2) is 16.2 Å². The Morgan fingerprint density at radius 3 is 2.57 bits per heavy atom. The Morgan fingerprint density at radius 1 is 1.26 bits per heavy atom. The normalized spacial score (nSPS) is 33.2. The second-order valence-corrected chi connectivity index (χ2v) is 8.26. The highest BCUT2D eigenvalue weighted by molar-refractivity contribution is 5.75. The first-order chi connectivity index (χ1) is 10.7. The standard InChI is InChI=1S/C20H28O3/c1-12(2)17-13-6-9-16-19(3,14(13)7-8-15(17)21)10-5-11-20(16,4)18(22)23/h7-8,12,16,21H,5-6,9-11H2,1-4H3,(H,22,23)/t16-,19-,20+/m1/s1. The molecule has 0 amide bonds. The van der Waals surface area contributed by atoms with Gasteiger partial charge in [0.15, 0.2) is 0 Å². The van der Waals surface area contributed by atoms with Crippen molar-refractivity contribution in [1.82, 2.24) is 0 Å². The molecule has 0 spiro atoms. The third kappa shape index (κ3) is 2.20. The quantitative estimate of drug-likeness (QED) is 0.837. The molecule has 3 heteroatoms. The van der Waals surface area contributed by atoms with Crippen LogP contribution in [0.1, 0.15) is 76.0 Å². The zero-order valence-electron chi connectivity index (χ0n) is 14.6. The highest BCUT2D eigenvalue weighted by Gasteiger charge is 2.55. The van der Waals surface area contributed by atoms with Crippen molar-refractivity contribution in [3.8, 4) is 5.75 Å². The van der Waals surface area contributed by atoms with E-state index in [-0.39, 0.29) is 17.3 Å². The SMILES string of the molecule is CC(C)c1c(O)ccc2c1CC[C@H]1[C@@](C)(C(=O)O)CCC[C@]21C. The summed E-state index contributed by atoms with van der Waals surface area (Å²) in [4.78, 5) is 12.0. The van der Waals surface area contributed by atoms with Gasteiger partial charge in [-0.1, -0.05) is 33.3 Å². The van der Waals surface area contributed by atoms with E-state index in [2.05, 4.69) is 26.8 Å². The lowest BCUT2D eigenvalue weighted by Crippen LogP contribution is -2.52. The van der Waals surface area contributed by atoms with Crippen molar-refractivity contribution in [3.63, 3.8) is 0 Å². The van der Waals surface area contributed by atoms with E-state index in [4.69, 9.17) is 0 Å². The van der Waals surface area contributed by atoms with Gasteiger partial charge in [-0.15, -0.1) is 0 Å². The average molecular weight is 316 g/mol. The fraction of sp³-hybridized carbons (Fsp3) is 0.650. The number of aromatic hydroxyl groups is 1. The predicted molar refractivity (Wildman–Crippen MR) is 91.0 cm³/mol. The summed E-state index contributed by atoms with van der Waals surface area (Å²) in [5.41, 5.74) is 2.87. The first-order valence-electron chi connectivity index (χ1n) is 8.80. The number of benzene rings is 1. The molecule has 1 aromatic rings. The molecule has 1 saturated carbocycles. The van der Waals surface area contributed by atoms with E-state index < -0.39 is 11.4 Å². The number of phenols is 1. The van der Waals surface area contributed by atoms with Gasteiger partial charge in [-0.3, -0.25) is 4.79 Å². The van der Waals surface area contributed by atoms with Crippen LogP contribution in [0.4, 0.5) is 0 Å². The molecule has 0 bridgehead atoms. The van der Waals surface area contributed by atoms with Crippen LogP contribution in [0.2, 0.25) is 0 Å². The first kappa shape index (κ1) is 16.4. The van der Waals surface area contributed by atoms with Gasteiger partial charge in [-0.2, -0.15) is 0 Å². The highest BCUT2D eigenvalue weighted by atomic mass is 16.4. The van der Waals surface area contributed by atoms with Crippen LogP contribution in [-0.2, 0) is 16.6 Å². The molecule has 3 nitrogen and oxygen atoms in total. The van der Waals surface area contributed by atoms with Crippen molar-refractivity contribution in [3.05, 3.63) is 28.8 Å². The van der Waals surface area contributed by atoms with Crippen LogP contribution in [0.15, 0.2) is 12.1 Å². The molecule has 0 heterocycles. The smallest absolute Gasteiger partial charge is 0.309 e. The molecule has 0 saturated heterocycles. The molecule has 0 unspecified atom stereocenters. The van der Waals surface area contributed by atoms with Crippen LogP contribution in [0.5, 0.6) is 5.75 Å². The molecular weight excluding hydrogens is 288 g/mol. The largest absolute Gasteiger partial charge is 0.508 e. The summed E-state index contributed by atoms with van der Waals surface area (Å²) in [6.45, 7) is 8.42. The van der Waals surface area contributed by atoms with Gasteiger partial charge in [0.25, 0.3) is 0 Å². The summed E-state index contributed by atoms with van der Waals surface area (Å²) < 4.78 is 0. The molecule has 3 atom stereocenters. The topological polar surface area (TPSA) is 57.5 Å². The maximum Gasteiger partial charge on any atom is 0.309 e. The Hall–Kier alpha value is -1.51. The molecule has 2 aliphatic carbocycles. The van der Waals surface area contributed by atoms with E-state index in [0.717, 1.165) is 37.7 Å². The number of fused-ring (bicyclic) bond motifs is 3. The second kappa shape index (κ2) is 5.25. The first-order valence-corrected chi connectivity index (χ1v) is 8.80. The third-order valence-electron chi connectivity index (χ3n) is 6.63. The minimum absolute atomic E-state index is 0.101. The zero-order chi connectivity index (χ0) is 17.0. The molecule has 2 N–H and O–H groups in total. The van der Waals surface area contributed by atoms with Crippen LogP contribution < -0.4 is 0 Å². The fourth-order valence-corrected chi connectivity index (χ4v) is 5.48. The van der Waals surface area contributed by atoms with Gasteiger partial charge in [0.05, 0.1) is 5.41 Å². The van der Waals surface area contributed by atoms with Crippen LogP contribution in [0.3, 0.4) is 0 Å². The van der Waals surface area contributed by atoms with Crippen molar-refractivity contribution in [2.24, 2.45) is 11.3 Å². The van der Waals surface area contributed by atoms with E-state index in [9.17, 15) is 15.0 Å². The summed E-state index contributed by atoms with van der Waals surface area (Å²) in [6, 6.07) is 3.87. The number of carboxylic acid groups (broad SMARTS) is 1. The summed E-state index contributed by atoms with van der Waals surface area (Å²) >= 11 is 0. The molecule has 1 fully saturated rings. The van der Waals surface area contributed by atoms with E-state index in [1.807, 2.05) is 13.0 Å². The molecule has 126 valence electrons. The Morgan fingerprint density at radius 2 is 1.96 bits per heavy atom. The predicted octanol–water partition coefficient (Wildman–Crippen LogP) is 4.61. The number of phenolic OH excluding ortho intramolecular Hbond substituents is 1. The van der Waals surface area contributed by atoms with E-state index in [1.165, 1.54) is 11.1 Å². The monoisotopic (exact) mass is 316 g/mol. The van der Waals surface area contributed by atoms with Crippen LogP contribution in [0, 0.1) is 11.3 Å². The van der Waals surface area contributed by atoms with E-state index in [1.54, 1.807) is 0 Å². The molecule has 0 aliphatic heterocycles. The van der Waals surface area contributed by atoms with Gasteiger partial charge in [0.1, 0.15) is 5.75 Å². The highest BCUT2D eigenvalue weighted by Crippen LogP contribution is 2.58. The molecule has 0 radical (unpaired) electrons. The maximum atomic E-state index is 12.0. The van der Waals surface area contributed by atoms with Crippen molar-refractivity contribution in [1.29, 1.82) is 0 Å². The zero-order valence-corrected chi connectivity index (χ0v) is 14.6. The Labute approximate surface area is 138 Å².